The highest BCUT2D eigenvalue weighted by atomic mass is 16.5. The first-order valence-electron chi connectivity index (χ1n) is 8.87. The molecule has 0 aromatic heterocycles. The van der Waals surface area contributed by atoms with Crippen molar-refractivity contribution in [2.24, 2.45) is 5.92 Å². The van der Waals surface area contributed by atoms with Gasteiger partial charge >= 0.3 is 0 Å². The quantitative estimate of drug-likeness (QED) is 0.714. The number of hydrogen-bond acceptors (Lipinski definition) is 4. The summed E-state index contributed by atoms with van der Waals surface area (Å²) >= 11 is 0. The van der Waals surface area contributed by atoms with E-state index in [9.17, 15) is 0 Å². The molecule has 4 rings (SSSR count). The Hall–Kier alpha value is -2.51. The van der Waals surface area contributed by atoms with Gasteiger partial charge in [-0.15, -0.1) is 0 Å². The van der Waals surface area contributed by atoms with E-state index in [-0.39, 0.29) is 0 Å². The van der Waals surface area contributed by atoms with Crippen LogP contribution in [0.2, 0.25) is 0 Å². The van der Waals surface area contributed by atoms with E-state index in [1.165, 1.54) is 25.9 Å². The standard InChI is InChI=1S/C21H22N2O2/c1-15-10-17(11-22)4-9-21(15)25-20-7-5-19(6-8-20)24-14-18-13-23(18)12-16-2-3-16/h4-10,16,18H,2-3,12-14H2,1H3. The summed E-state index contributed by atoms with van der Waals surface area (Å²) in [6, 6.07) is 15.9. The van der Waals surface area contributed by atoms with E-state index in [0.717, 1.165) is 35.3 Å². The number of rotatable bonds is 7. The summed E-state index contributed by atoms with van der Waals surface area (Å²) in [5.41, 5.74) is 1.59. The Morgan fingerprint density at radius 1 is 1.12 bits per heavy atom. The highest BCUT2D eigenvalue weighted by Gasteiger charge is 2.38. The minimum atomic E-state index is 0.595. The molecule has 0 amide bonds. The SMILES string of the molecule is Cc1cc(C#N)ccc1Oc1ccc(OCC2CN2CC2CC2)cc1. The number of benzene rings is 2. The fourth-order valence-corrected chi connectivity index (χ4v) is 2.99. The molecular weight excluding hydrogens is 312 g/mol. The zero-order chi connectivity index (χ0) is 17.2. The fourth-order valence-electron chi connectivity index (χ4n) is 2.99. The fraction of sp³-hybridized carbons (Fsp3) is 0.381. The molecule has 2 aliphatic rings. The van der Waals surface area contributed by atoms with Crippen molar-refractivity contribution >= 4 is 0 Å². The molecule has 1 saturated heterocycles. The summed E-state index contributed by atoms with van der Waals surface area (Å²) in [5, 5.41) is 8.92. The van der Waals surface area contributed by atoms with Crippen LogP contribution >= 0.6 is 0 Å². The molecule has 2 aromatic carbocycles. The third kappa shape index (κ3) is 4.12. The first kappa shape index (κ1) is 16.0. The van der Waals surface area contributed by atoms with Gasteiger partial charge in [-0.25, -0.2) is 0 Å². The van der Waals surface area contributed by atoms with E-state index in [2.05, 4.69) is 11.0 Å². The maximum atomic E-state index is 8.92. The van der Waals surface area contributed by atoms with E-state index in [4.69, 9.17) is 14.7 Å². The van der Waals surface area contributed by atoms with Crippen LogP contribution in [-0.2, 0) is 0 Å². The van der Waals surface area contributed by atoms with Crippen LogP contribution in [-0.4, -0.2) is 30.6 Å². The number of aryl methyl sites for hydroxylation is 1. The van der Waals surface area contributed by atoms with Crippen LogP contribution in [0, 0.1) is 24.2 Å². The van der Waals surface area contributed by atoms with Crippen LogP contribution in [0.1, 0.15) is 24.0 Å². The number of ether oxygens (including phenoxy) is 2. The van der Waals surface area contributed by atoms with Gasteiger partial charge in [0.25, 0.3) is 0 Å². The smallest absolute Gasteiger partial charge is 0.130 e. The Balaban J connectivity index is 1.29. The summed E-state index contributed by atoms with van der Waals surface area (Å²) in [6.45, 7) is 5.14. The highest BCUT2D eigenvalue weighted by molar-refractivity contribution is 5.44. The summed E-state index contributed by atoms with van der Waals surface area (Å²) in [5.74, 6) is 3.36. The molecule has 25 heavy (non-hydrogen) atoms. The Morgan fingerprint density at radius 3 is 2.56 bits per heavy atom. The summed E-state index contributed by atoms with van der Waals surface area (Å²) in [6.07, 6.45) is 2.81. The van der Waals surface area contributed by atoms with Crippen LogP contribution in [0.5, 0.6) is 17.2 Å². The molecule has 2 unspecified atom stereocenters. The van der Waals surface area contributed by atoms with Gasteiger partial charge in [-0.1, -0.05) is 0 Å². The molecule has 0 bridgehead atoms. The second-order valence-corrected chi connectivity index (χ2v) is 7.03. The molecular formula is C21H22N2O2. The molecule has 1 heterocycles. The average molecular weight is 334 g/mol. The van der Waals surface area contributed by atoms with E-state index in [1.807, 2.05) is 43.3 Å². The van der Waals surface area contributed by atoms with Crippen molar-refractivity contribution in [3.05, 3.63) is 53.6 Å². The van der Waals surface area contributed by atoms with Crippen molar-refractivity contribution < 1.29 is 9.47 Å². The van der Waals surface area contributed by atoms with Gasteiger partial charge in [0.15, 0.2) is 0 Å². The maximum Gasteiger partial charge on any atom is 0.130 e. The van der Waals surface area contributed by atoms with Crippen molar-refractivity contribution in [1.29, 1.82) is 5.26 Å². The lowest BCUT2D eigenvalue weighted by molar-refractivity contribution is 0.291. The van der Waals surface area contributed by atoms with Gasteiger partial charge in [0, 0.05) is 13.1 Å². The third-order valence-electron chi connectivity index (χ3n) is 4.82. The highest BCUT2D eigenvalue weighted by Crippen LogP contribution is 2.34. The second kappa shape index (κ2) is 6.78. The molecule has 1 aliphatic heterocycles. The largest absolute Gasteiger partial charge is 0.492 e. The van der Waals surface area contributed by atoms with Gasteiger partial charge in [0.1, 0.15) is 23.9 Å². The molecule has 0 spiro atoms. The topological polar surface area (TPSA) is 45.3 Å². The zero-order valence-corrected chi connectivity index (χ0v) is 14.4. The zero-order valence-electron chi connectivity index (χ0n) is 14.4. The maximum absolute atomic E-state index is 8.92. The van der Waals surface area contributed by atoms with Gasteiger partial charge in [0.05, 0.1) is 17.7 Å². The number of nitriles is 1. The summed E-state index contributed by atoms with van der Waals surface area (Å²) < 4.78 is 11.8. The first-order chi connectivity index (χ1) is 12.2. The van der Waals surface area contributed by atoms with Gasteiger partial charge in [-0.05, 0) is 73.7 Å². The number of hydrogen-bond donors (Lipinski definition) is 0. The average Bonchev–Trinajstić information content (AvgIpc) is 3.55. The van der Waals surface area contributed by atoms with Crippen LogP contribution < -0.4 is 9.47 Å². The normalized spacial score (nSPS) is 21.4. The van der Waals surface area contributed by atoms with Crippen LogP contribution in [0.15, 0.2) is 42.5 Å². The number of nitrogens with zero attached hydrogens (tertiary/aromatic N) is 2. The predicted molar refractivity (Wildman–Crippen MR) is 96.0 cm³/mol. The molecule has 2 fully saturated rings. The molecule has 0 N–H and O–H groups in total. The van der Waals surface area contributed by atoms with Gasteiger partial charge in [0.2, 0.25) is 0 Å². The molecule has 4 nitrogen and oxygen atoms in total. The van der Waals surface area contributed by atoms with Crippen molar-refractivity contribution in [3.8, 4) is 23.3 Å². The van der Waals surface area contributed by atoms with E-state index in [0.29, 0.717) is 11.6 Å². The van der Waals surface area contributed by atoms with Gasteiger partial charge in [-0.3, -0.25) is 4.90 Å². The van der Waals surface area contributed by atoms with Crippen LogP contribution in [0.3, 0.4) is 0 Å². The lowest BCUT2D eigenvalue weighted by Crippen LogP contribution is -2.12. The Labute approximate surface area is 148 Å². The predicted octanol–water partition coefficient (Wildman–Crippen LogP) is 4.13. The van der Waals surface area contributed by atoms with Crippen LogP contribution in [0.25, 0.3) is 0 Å². The van der Waals surface area contributed by atoms with Crippen molar-refractivity contribution in [2.75, 3.05) is 19.7 Å². The third-order valence-corrected chi connectivity index (χ3v) is 4.82. The lowest BCUT2D eigenvalue weighted by Gasteiger charge is -2.10. The van der Waals surface area contributed by atoms with E-state index in [1.54, 1.807) is 6.07 Å². The Morgan fingerprint density at radius 2 is 1.88 bits per heavy atom. The molecule has 1 saturated carbocycles. The molecule has 0 radical (unpaired) electrons. The summed E-state index contributed by atoms with van der Waals surface area (Å²) in [7, 11) is 0. The lowest BCUT2D eigenvalue weighted by atomic mass is 10.1. The molecule has 4 heteroatoms. The van der Waals surface area contributed by atoms with Crippen molar-refractivity contribution in [3.63, 3.8) is 0 Å². The second-order valence-electron chi connectivity index (χ2n) is 7.03. The minimum Gasteiger partial charge on any atom is -0.492 e. The van der Waals surface area contributed by atoms with Crippen molar-refractivity contribution in [2.45, 2.75) is 25.8 Å². The molecule has 1 aliphatic carbocycles. The van der Waals surface area contributed by atoms with Gasteiger partial charge in [-0.2, -0.15) is 5.26 Å². The van der Waals surface area contributed by atoms with E-state index < -0.39 is 0 Å². The van der Waals surface area contributed by atoms with Crippen LogP contribution in [0.4, 0.5) is 0 Å². The Kier molecular flexibility index (Phi) is 4.33. The first-order valence-corrected chi connectivity index (χ1v) is 8.87. The monoisotopic (exact) mass is 334 g/mol. The van der Waals surface area contributed by atoms with Crippen molar-refractivity contribution in [1.82, 2.24) is 4.90 Å². The summed E-state index contributed by atoms with van der Waals surface area (Å²) in [4.78, 5) is 2.50. The molecule has 2 aromatic rings. The Bertz CT molecular complexity index is 791. The minimum absolute atomic E-state index is 0.595. The van der Waals surface area contributed by atoms with E-state index >= 15 is 0 Å². The molecule has 128 valence electrons. The molecule has 2 atom stereocenters. The van der Waals surface area contributed by atoms with Gasteiger partial charge < -0.3 is 9.47 Å².